The molecule has 10 heavy (non-hydrogen) atoms. The summed E-state index contributed by atoms with van der Waals surface area (Å²) in [6.45, 7) is 0. The summed E-state index contributed by atoms with van der Waals surface area (Å²) in [5.41, 5.74) is 0. The molecule has 0 aliphatic rings. The highest BCUT2D eigenvalue weighted by atomic mass is 16.6. The lowest BCUT2D eigenvalue weighted by atomic mass is 9.49. The Bertz CT molecular complexity index is 63.7. The standard InChI is InChI=1S/C4H12B2O4/c1-7-5(8-2)6(9-3)10-4/h1-4H3. The van der Waals surface area contributed by atoms with Crippen molar-refractivity contribution in [2.75, 3.05) is 28.4 Å². The molecule has 0 saturated heterocycles. The first-order chi connectivity index (χ1) is 4.79. The van der Waals surface area contributed by atoms with Gasteiger partial charge in [0.05, 0.1) is 0 Å². The Morgan fingerprint density at radius 3 is 0.900 bits per heavy atom. The predicted molar refractivity (Wildman–Crippen MR) is 39.5 cm³/mol. The van der Waals surface area contributed by atoms with Gasteiger partial charge in [-0.2, -0.15) is 0 Å². The van der Waals surface area contributed by atoms with Crippen molar-refractivity contribution in [2.45, 2.75) is 0 Å². The fourth-order valence-corrected chi connectivity index (χ4v) is 0.637. The summed E-state index contributed by atoms with van der Waals surface area (Å²) >= 11 is 0. The first-order valence-corrected chi connectivity index (χ1v) is 2.91. The van der Waals surface area contributed by atoms with E-state index in [1.54, 1.807) is 0 Å². The molecule has 0 radical (unpaired) electrons. The van der Waals surface area contributed by atoms with Crippen molar-refractivity contribution in [3.63, 3.8) is 0 Å². The van der Waals surface area contributed by atoms with Crippen molar-refractivity contribution in [2.24, 2.45) is 0 Å². The van der Waals surface area contributed by atoms with E-state index in [0.29, 0.717) is 0 Å². The fraction of sp³-hybridized carbons (Fsp3) is 1.00. The van der Waals surface area contributed by atoms with Crippen molar-refractivity contribution >= 4 is 14.0 Å². The van der Waals surface area contributed by atoms with Gasteiger partial charge >= 0.3 is 14.0 Å². The lowest BCUT2D eigenvalue weighted by molar-refractivity contribution is 0.244. The number of hydrogen-bond donors (Lipinski definition) is 0. The van der Waals surface area contributed by atoms with Crippen LogP contribution in [0.3, 0.4) is 0 Å². The second-order valence-corrected chi connectivity index (χ2v) is 1.68. The summed E-state index contributed by atoms with van der Waals surface area (Å²) in [6, 6.07) is 0. The molecule has 0 fully saturated rings. The minimum absolute atomic E-state index is 0.463. The molecule has 0 N–H and O–H groups in total. The van der Waals surface area contributed by atoms with E-state index in [1.807, 2.05) is 0 Å². The average Bonchev–Trinajstić information content (AvgIpc) is 2.00. The topological polar surface area (TPSA) is 36.9 Å². The third-order valence-corrected chi connectivity index (χ3v) is 1.15. The molecule has 0 bridgehead atoms. The largest absolute Gasteiger partial charge is 0.487 e. The van der Waals surface area contributed by atoms with Crippen LogP contribution in [-0.2, 0) is 18.6 Å². The van der Waals surface area contributed by atoms with E-state index in [2.05, 4.69) is 0 Å². The average molecular weight is 146 g/mol. The Kier molecular flexibility index (Phi) is 5.71. The quantitative estimate of drug-likeness (QED) is 0.495. The summed E-state index contributed by atoms with van der Waals surface area (Å²) in [4.78, 5) is 0. The first-order valence-electron chi connectivity index (χ1n) is 2.91. The monoisotopic (exact) mass is 146 g/mol. The van der Waals surface area contributed by atoms with Gasteiger partial charge in [0.1, 0.15) is 0 Å². The number of rotatable bonds is 5. The van der Waals surface area contributed by atoms with Crippen molar-refractivity contribution < 1.29 is 18.6 Å². The highest BCUT2D eigenvalue weighted by Gasteiger charge is 2.35. The van der Waals surface area contributed by atoms with Gasteiger partial charge in [0.2, 0.25) is 0 Å². The zero-order chi connectivity index (χ0) is 7.98. The molecule has 0 rings (SSSR count). The Labute approximate surface area is 62.1 Å². The third-order valence-electron chi connectivity index (χ3n) is 1.15. The summed E-state index contributed by atoms with van der Waals surface area (Å²) in [5, 5.41) is 0. The molecule has 4 nitrogen and oxygen atoms in total. The van der Waals surface area contributed by atoms with Gasteiger partial charge in [-0.1, -0.05) is 0 Å². The van der Waals surface area contributed by atoms with E-state index >= 15 is 0 Å². The zero-order valence-electron chi connectivity index (χ0n) is 6.79. The normalized spacial score (nSPS) is 9.60. The maximum atomic E-state index is 4.87. The van der Waals surface area contributed by atoms with Crippen molar-refractivity contribution in [1.29, 1.82) is 0 Å². The van der Waals surface area contributed by atoms with Crippen LogP contribution in [0, 0.1) is 0 Å². The van der Waals surface area contributed by atoms with Crippen LogP contribution in [0.5, 0.6) is 0 Å². The number of hydrogen-bond acceptors (Lipinski definition) is 4. The van der Waals surface area contributed by atoms with E-state index in [4.69, 9.17) is 18.6 Å². The maximum absolute atomic E-state index is 4.87. The van der Waals surface area contributed by atoms with Gasteiger partial charge in [0.25, 0.3) is 0 Å². The second-order valence-electron chi connectivity index (χ2n) is 1.68. The zero-order valence-corrected chi connectivity index (χ0v) is 6.79. The fourth-order valence-electron chi connectivity index (χ4n) is 0.637. The van der Waals surface area contributed by atoms with Gasteiger partial charge in [-0.15, -0.1) is 0 Å². The molecule has 0 saturated carbocycles. The van der Waals surface area contributed by atoms with Crippen molar-refractivity contribution in [3.8, 4) is 0 Å². The lowest BCUT2D eigenvalue weighted by Crippen LogP contribution is -2.43. The Morgan fingerprint density at radius 1 is 0.600 bits per heavy atom. The van der Waals surface area contributed by atoms with Crippen LogP contribution < -0.4 is 0 Å². The van der Waals surface area contributed by atoms with Crippen LogP contribution in [-0.4, -0.2) is 42.5 Å². The lowest BCUT2D eigenvalue weighted by Gasteiger charge is -2.12. The second kappa shape index (κ2) is 5.73. The molecule has 0 aliphatic heterocycles. The van der Waals surface area contributed by atoms with Crippen LogP contribution in [0.15, 0.2) is 0 Å². The molecule has 0 spiro atoms. The van der Waals surface area contributed by atoms with E-state index in [1.165, 1.54) is 28.4 Å². The minimum Gasteiger partial charge on any atom is -0.416 e. The Morgan fingerprint density at radius 2 is 0.800 bits per heavy atom. The molecule has 58 valence electrons. The van der Waals surface area contributed by atoms with E-state index < -0.39 is 14.0 Å². The summed E-state index contributed by atoms with van der Waals surface area (Å²) < 4.78 is 19.5. The van der Waals surface area contributed by atoms with Crippen molar-refractivity contribution in [3.05, 3.63) is 0 Å². The van der Waals surface area contributed by atoms with Crippen LogP contribution in [0.25, 0.3) is 0 Å². The highest BCUT2D eigenvalue weighted by molar-refractivity contribution is 7.10. The van der Waals surface area contributed by atoms with Crippen LogP contribution in [0.4, 0.5) is 0 Å². The Hall–Kier alpha value is -0.0301. The molecule has 0 unspecified atom stereocenters. The maximum Gasteiger partial charge on any atom is 0.487 e. The van der Waals surface area contributed by atoms with Gasteiger partial charge in [0.15, 0.2) is 0 Å². The Balaban J connectivity index is 3.70. The van der Waals surface area contributed by atoms with E-state index in [9.17, 15) is 0 Å². The van der Waals surface area contributed by atoms with Crippen LogP contribution in [0.1, 0.15) is 0 Å². The SMILES string of the molecule is COB(OC)B(OC)OC. The highest BCUT2D eigenvalue weighted by Crippen LogP contribution is 1.93. The molecular weight excluding hydrogens is 134 g/mol. The molecule has 0 amide bonds. The van der Waals surface area contributed by atoms with Crippen LogP contribution in [0.2, 0.25) is 0 Å². The molecule has 0 heterocycles. The first kappa shape index (κ1) is 9.97. The minimum atomic E-state index is -0.463. The summed E-state index contributed by atoms with van der Waals surface area (Å²) in [5.74, 6) is 0. The van der Waals surface area contributed by atoms with Gasteiger partial charge in [0, 0.05) is 28.4 Å². The van der Waals surface area contributed by atoms with E-state index in [-0.39, 0.29) is 0 Å². The molecule has 0 aromatic heterocycles. The van der Waals surface area contributed by atoms with E-state index in [0.717, 1.165) is 0 Å². The van der Waals surface area contributed by atoms with Gasteiger partial charge in [-0.25, -0.2) is 0 Å². The van der Waals surface area contributed by atoms with Gasteiger partial charge in [-0.3, -0.25) is 0 Å². The molecule has 0 atom stereocenters. The molecular formula is C4H12B2O4. The smallest absolute Gasteiger partial charge is 0.416 e. The third kappa shape index (κ3) is 2.70. The predicted octanol–water partition coefficient (Wildman–Crippen LogP) is -0.373. The molecule has 6 heteroatoms. The summed E-state index contributed by atoms with van der Waals surface area (Å²) in [7, 11) is 5.18. The molecule has 0 aromatic carbocycles. The molecule has 0 aromatic rings. The van der Waals surface area contributed by atoms with Gasteiger partial charge < -0.3 is 18.6 Å². The van der Waals surface area contributed by atoms with Crippen molar-refractivity contribution in [1.82, 2.24) is 0 Å². The van der Waals surface area contributed by atoms with Gasteiger partial charge in [-0.05, 0) is 0 Å². The molecule has 0 aliphatic carbocycles. The summed E-state index contributed by atoms with van der Waals surface area (Å²) in [6.07, 6.45) is 0. The van der Waals surface area contributed by atoms with Crippen LogP contribution >= 0.6 is 0 Å².